The number of piperidine rings is 1. The molecule has 0 spiro atoms. The summed E-state index contributed by atoms with van der Waals surface area (Å²) in [5.74, 6) is -0.303. The predicted molar refractivity (Wildman–Crippen MR) is 120 cm³/mol. The van der Waals surface area contributed by atoms with Gasteiger partial charge in [0.25, 0.3) is 0 Å². The van der Waals surface area contributed by atoms with E-state index in [2.05, 4.69) is 36.2 Å². The molecule has 0 amide bonds. The van der Waals surface area contributed by atoms with Crippen LogP contribution in [0.25, 0.3) is 0 Å². The molecule has 3 rings (SSSR count). The van der Waals surface area contributed by atoms with E-state index in [1.165, 1.54) is 12.0 Å². The number of likely N-dealkylation sites (tertiary alicyclic amines) is 1. The maximum atomic E-state index is 12.5. The molecule has 150 valence electrons. The number of rotatable bonds is 5. The first kappa shape index (κ1) is 20.8. The maximum absolute atomic E-state index is 12.5. The molecule has 1 fully saturated rings. The van der Waals surface area contributed by atoms with Crippen molar-refractivity contribution in [1.82, 2.24) is 4.90 Å². The molecule has 0 radical (unpaired) electrons. The molecule has 2 atom stereocenters. The highest BCUT2D eigenvalue weighted by atomic mass is 32.1. The van der Waals surface area contributed by atoms with Gasteiger partial charge in [-0.15, -0.1) is 11.3 Å². The van der Waals surface area contributed by atoms with Gasteiger partial charge in [0.1, 0.15) is 5.00 Å². The van der Waals surface area contributed by atoms with Crippen LogP contribution in [0.5, 0.6) is 0 Å². The van der Waals surface area contributed by atoms with Crippen molar-refractivity contribution in [3.8, 4) is 0 Å². The van der Waals surface area contributed by atoms with E-state index in [0.717, 1.165) is 29.1 Å². The maximum Gasteiger partial charge on any atom is 0.341 e. The van der Waals surface area contributed by atoms with Crippen LogP contribution < -0.4 is 5.32 Å². The first-order valence-electron chi connectivity index (χ1n) is 9.92. The second kappa shape index (κ2) is 9.52. The number of carbonyl (C=O) groups is 1. The standard InChI is InChI=1S/C22H28N2O2S2/c1-4-26-21(25)19-14-18(13-17-11-6-5-7-12-17)28-20(19)23-22(27)24-15(2)9-8-10-16(24)3/h5-7,11-12,14-16H,4,8-10,13H2,1-3H3,(H,23,27)/t15-,16+. The van der Waals surface area contributed by atoms with E-state index in [1.54, 1.807) is 11.3 Å². The van der Waals surface area contributed by atoms with E-state index in [1.807, 2.05) is 31.2 Å². The van der Waals surface area contributed by atoms with Gasteiger partial charge in [0.05, 0.1) is 12.2 Å². The molecular formula is C22H28N2O2S2. The molecule has 6 heteroatoms. The summed E-state index contributed by atoms with van der Waals surface area (Å²) in [5, 5.41) is 4.83. The van der Waals surface area contributed by atoms with Gasteiger partial charge in [0, 0.05) is 23.4 Å². The summed E-state index contributed by atoms with van der Waals surface area (Å²) in [5.41, 5.74) is 1.78. The van der Waals surface area contributed by atoms with E-state index in [9.17, 15) is 4.79 Å². The van der Waals surface area contributed by atoms with Gasteiger partial charge in [-0.25, -0.2) is 4.79 Å². The van der Waals surface area contributed by atoms with Crippen LogP contribution in [-0.4, -0.2) is 34.7 Å². The van der Waals surface area contributed by atoms with Gasteiger partial charge in [-0.05, 0) is 63.9 Å². The molecule has 1 saturated heterocycles. The van der Waals surface area contributed by atoms with Crippen LogP contribution in [0.4, 0.5) is 5.00 Å². The van der Waals surface area contributed by atoms with Crippen molar-refractivity contribution in [1.29, 1.82) is 0 Å². The molecule has 4 nitrogen and oxygen atoms in total. The average Bonchev–Trinajstić information content (AvgIpc) is 3.05. The molecule has 2 heterocycles. The highest BCUT2D eigenvalue weighted by molar-refractivity contribution is 7.80. The zero-order chi connectivity index (χ0) is 20.1. The third-order valence-electron chi connectivity index (χ3n) is 5.15. The SMILES string of the molecule is CCOC(=O)c1cc(Cc2ccccc2)sc1NC(=S)N1[C@H](C)CCC[C@@H]1C. The predicted octanol–water partition coefficient (Wildman–Crippen LogP) is 5.48. The molecule has 1 aliphatic heterocycles. The monoisotopic (exact) mass is 416 g/mol. The summed E-state index contributed by atoms with van der Waals surface area (Å²) >= 11 is 7.31. The van der Waals surface area contributed by atoms with Crippen molar-refractivity contribution in [2.24, 2.45) is 0 Å². The number of thiophene rings is 1. The fourth-order valence-corrected chi connectivity index (χ4v) is 5.37. The number of nitrogens with one attached hydrogen (secondary N) is 1. The molecular weight excluding hydrogens is 388 g/mol. The first-order valence-corrected chi connectivity index (χ1v) is 11.1. The smallest absolute Gasteiger partial charge is 0.341 e. The summed E-state index contributed by atoms with van der Waals surface area (Å²) in [7, 11) is 0. The lowest BCUT2D eigenvalue weighted by atomic mass is 9.98. The fraction of sp³-hybridized carbons (Fsp3) is 0.455. The number of anilines is 1. The highest BCUT2D eigenvalue weighted by Gasteiger charge is 2.28. The Morgan fingerprint density at radius 3 is 2.57 bits per heavy atom. The van der Waals surface area contributed by atoms with Crippen molar-refractivity contribution in [2.45, 2.75) is 58.5 Å². The zero-order valence-electron chi connectivity index (χ0n) is 16.7. The Bertz CT molecular complexity index is 809. The van der Waals surface area contributed by atoms with Crippen LogP contribution in [0.1, 0.15) is 60.8 Å². The van der Waals surface area contributed by atoms with Crippen molar-refractivity contribution in [2.75, 3.05) is 11.9 Å². The third kappa shape index (κ3) is 4.92. The van der Waals surface area contributed by atoms with Crippen LogP contribution in [0.2, 0.25) is 0 Å². The van der Waals surface area contributed by atoms with Crippen molar-refractivity contribution in [3.05, 3.63) is 52.4 Å². The summed E-state index contributed by atoms with van der Waals surface area (Å²) in [6.07, 6.45) is 4.29. The molecule has 1 aromatic carbocycles. The second-order valence-corrected chi connectivity index (χ2v) is 8.83. The van der Waals surface area contributed by atoms with E-state index >= 15 is 0 Å². The van der Waals surface area contributed by atoms with Crippen LogP contribution in [-0.2, 0) is 11.2 Å². The van der Waals surface area contributed by atoms with Crippen molar-refractivity contribution >= 4 is 39.6 Å². The number of hydrogen-bond donors (Lipinski definition) is 1. The van der Waals surface area contributed by atoms with Gasteiger partial charge >= 0.3 is 5.97 Å². The Balaban J connectivity index is 1.83. The highest BCUT2D eigenvalue weighted by Crippen LogP contribution is 2.32. The lowest BCUT2D eigenvalue weighted by Gasteiger charge is -2.40. The second-order valence-electron chi connectivity index (χ2n) is 7.30. The van der Waals surface area contributed by atoms with E-state index in [0.29, 0.717) is 29.4 Å². The van der Waals surface area contributed by atoms with Gasteiger partial charge in [-0.3, -0.25) is 0 Å². The minimum Gasteiger partial charge on any atom is -0.462 e. The largest absolute Gasteiger partial charge is 0.462 e. The van der Waals surface area contributed by atoms with Crippen LogP contribution in [0.3, 0.4) is 0 Å². The van der Waals surface area contributed by atoms with E-state index in [4.69, 9.17) is 17.0 Å². The summed E-state index contributed by atoms with van der Waals surface area (Å²) in [6.45, 7) is 6.60. The van der Waals surface area contributed by atoms with E-state index in [-0.39, 0.29) is 5.97 Å². The van der Waals surface area contributed by atoms with Gasteiger partial charge in [0.2, 0.25) is 0 Å². The minimum absolute atomic E-state index is 0.303. The molecule has 0 bridgehead atoms. The number of nitrogens with zero attached hydrogens (tertiary/aromatic N) is 1. The van der Waals surface area contributed by atoms with Gasteiger partial charge < -0.3 is 15.0 Å². The number of ether oxygens (including phenoxy) is 1. The molecule has 2 aromatic rings. The number of esters is 1. The summed E-state index contributed by atoms with van der Waals surface area (Å²) in [4.78, 5) is 15.9. The minimum atomic E-state index is -0.303. The summed E-state index contributed by atoms with van der Waals surface area (Å²) in [6, 6.07) is 13.0. The first-order chi connectivity index (χ1) is 13.5. The van der Waals surface area contributed by atoms with Crippen LogP contribution >= 0.6 is 23.6 Å². The molecule has 0 saturated carbocycles. The Morgan fingerprint density at radius 2 is 1.93 bits per heavy atom. The molecule has 1 N–H and O–H groups in total. The van der Waals surface area contributed by atoms with Crippen LogP contribution in [0, 0.1) is 0 Å². The van der Waals surface area contributed by atoms with Gasteiger partial charge in [-0.1, -0.05) is 30.3 Å². The normalized spacial score (nSPS) is 19.3. The number of thiocarbonyl (C=S) groups is 1. The molecule has 0 unspecified atom stereocenters. The number of hydrogen-bond acceptors (Lipinski definition) is 4. The lowest BCUT2D eigenvalue weighted by molar-refractivity contribution is 0.0528. The third-order valence-corrected chi connectivity index (χ3v) is 6.51. The Labute approximate surface area is 176 Å². The van der Waals surface area contributed by atoms with Gasteiger partial charge in [-0.2, -0.15) is 0 Å². The van der Waals surface area contributed by atoms with Crippen molar-refractivity contribution in [3.63, 3.8) is 0 Å². The molecule has 1 aliphatic rings. The Kier molecular flexibility index (Phi) is 7.08. The quantitative estimate of drug-likeness (QED) is 0.517. The Morgan fingerprint density at radius 1 is 1.25 bits per heavy atom. The van der Waals surface area contributed by atoms with Crippen LogP contribution in [0.15, 0.2) is 36.4 Å². The lowest BCUT2D eigenvalue weighted by Crippen LogP contribution is -2.49. The van der Waals surface area contributed by atoms with Crippen molar-refractivity contribution < 1.29 is 9.53 Å². The Hall–Kier alpha value is -1.92. The van der Waals surface area contributed by atoms with E-state index < -0.39 is 0 Å². The topological polar surface area (TPSA) is 41.6 Å². The number of carbonyl (C=O) groups excluding carboxylic acids is 1. The fourth-order valence-electron chi connectivity index (χ4n) is 3.76. The molecule has 28 heavy (non-hydrogen) atoms. The molecule has 0 aliphatic carbocycles. The number of benzene rings is 1. The zero-order valence-corrected chi connectivity index (χ0v) is 18.4. The van der Waals surface area contributed by atoms with Gasteiger partial charge in [0.15, 0.2) is 5.11 Å². The molecule has 1 aromatic heterocycles. The average molecular weight is 417 g/mol. The summed E-state index contributed by atoms with van der Waals surface area (Å²) < 4.78 is 5.27.